The molecule has 0 aromatic rings. The first-order valence-corrected chi connectivity index (χ1v) is 2.45. The van der Waals surface area contributed by atoms with Crippen LogP contribution in [0, 0.1) is 4.91 Å². The van der Waals surface area contributed by atoms with Crippen LogP contribution < -0.4 is 0 Å². The third-order valence-electron chi connectivity index (χ3n) is 0.548. The van der Waals surface area contributed by atoms with Gasteiger partial charge in [-0.05, 0) is 0 Å². The fraction of sp³-hybridized carbons (Fsp3) is 1.00. The quantitative estimate of drug-likeness (QED) is 0.316. The largest absolute Gasteiger partial charge is 0.263 e. The maximum atomic E-state index is 9.51. The van der Waals surface area contributed by atoms with E-state index in [1.807, 2.05) is 0 Å². The lowest BCUT2D eigenvalue weighted by Crippen LogP contribution is -2.11. The second kappa shape index (κ2) is 3.87. The van der Waals surface area contributed by atoms with Crippen LogP contribution in [0.5, 0.6) is 0 Å². The van der Waals surface area contributed by atoms with E-state index in [4.69, 9.17) is 11.6 Å². The molecular weight excluding hydrogens is 115 g/mol. The van der Waals surface area contributed by atoms with Crippen molar-refractivity contribution in [1.82, 2.24) is 5.01 Å². The normalized spacial score (nSPS) is 8.29. The molecule has 0 saturated carbocycles. The maximum absolute atomic E-state index is 9.51. The highest BCUT2D eigenvalue weighted by Crippen LogP contribution is 1.81. The Morgan fingerprint density at radius 1 is 1.86 bits per heavy atom. The van der Waals surface area contributed by atoms with Crippen LogP contribution >= 0.6 is 11.6 Å². The fourth-order valence-electron chi connectivity index (χ4n) is 0.163. The fourth-order valence-corrected chi connectivity index (χ4v) is 0.408. The molecule has 0 saturated heterocycles. The molecule has 0 atom stereocenters. The molecule has 7 heavy (non-hydrogen) atoms. The van der Waals surface area contributed by atoms with Crippen molar-refractivity contribution in [3.05, 3.63) is 4.91 Å². The lowest BCUT2D eigenvalue weighted by Gasteiger charge is -2.01. The van der Waals surface area contributed by atoms with Crippen molar-refractivity contribution in [2.24, 2.45) is 5.29 Å². The summed E-state index contributed by atoms with van der Waals surface area (Å²) in [5, 5.41) is 3.82. The minimum Gasteiger partial charge on any atom is -0.263 e. The molecule has 0 N–H and O–H groups in total. The van der Waals surface area contributed by atoms with Crippen molar-refractivity contribution in [3.63, 3.8) is 0 Å². The van der Waals surface area contributed by atoms with Crippen LogP contribution in [0.1, 0.15) is 0 Å². The van der Waals surface area contributed by atoms with Gasteiger partial charge in [-0.25, -0.2) is 0 Å². The van der Waals surface area contributed by atoms with Crippen LogP contribution in [0.15, 0.2) is 5.29 Å². The van der Waals surface area contributed by atoms with E-state index in [-0.39, 0.29) is 0 Å². The van der Waals surface area contributed by atoms with Crippen molar-refractivity contribution >= 4 is 11.6 Å². The first-order chi connectivity index (χ1) is 3.31. The van der Waals surface area contributed by atoms with E-state index in [0.29, 0.717) is 12.4 Å². The molecule has 0 aromatic carbocycles. The molecule has 0 unspecified atom stereocenters. The SMILES string of the molecule is CN(CCCl)N=O. The number of nitroso groups, excluding NO2 is 1. The van der Waals surface area contributed by atoms with Gasteiger partial charge >= 0.3 is 0 Å². The van der Waals surface area contributed by atoms with Crippen LogP contribution in [0.25, 0.3) is 0 Å². The smallest absolute Gasteiger partial charge is 0.0524 e. The third kappa shape index (κ3) is 3.52. The number of nitrogens with zero attached hydrogens (tertiary/aromatic N) is 2. The van der Waals surface area contributed by atoms with Gasteiger partial charge in [0, 0.05) is 12.9 Å². The zero-order chi connectivity index (χ0) is 5.70. The van der Waals surface area contributed by atoms with Crippen molar-refractivity contribution < 1.29 is 0 Å². The van der Waals surface area contributed by atoms with Crippen LogP contribution in [0.2, 0.25) is 0 Å². The molecule has 3 nitrogen and oxygen atoms in total. The Labute approximate surface area is 47.2 Å². The summed E-state index contributed by atoms with van der Waals surface area (Å²) >= 11 is 5.23. The molecule has 0 aliphatic carbocycles. The van der Waals surface area contributed by atoms with Gasteiger partial charge in [-0.3, -0.25) is 5.01 Å². The molecule has 0 aliphatic rings. The van der Waals surface area contributed by atoms with Crippen molar-refractivity contribution in [2.75, 3.05) is 19.5 Å². The van der Waals surface area contributed by atoms with E-state index in [2.05, 4.69) is 5.29 Å². The highest BCUT2D eigenvalue weighted by molar-refractivity contribution is 6.18. The molecule has 42 valence electrons. The topological polar surface area (TPSA) is 32.7 Å². The second-order valence-electron chi connectivity index (χ2n) is 1.15. The van der Waals surface area contributed by atoms with Crippen LogP contribution in [-0.2, 0) is 0 Å². The molecule has 0 heterocycles. The highest BCUT2D eigenvalue weighted by Gasteiger charge is 1.87. The minimum atomic E-state index is 0.447. The monoisotopic (exact) mass is 122 g/mol. The predicted molar refractivity (Wildman–Crippen MR) is 29.1 cm³/mol. The molecule has 0 aliphatic heterocycles. The van der Waals surface area contributed by atoms with Gasteiger partial charge < -0.3 is 0 Å². The van der Waals surface area contributed by atoms with Gasteiger partial charge in [0.15, 0.2) is 0 Å². The summed E-state index contributed by atoms with van der Waals surface area (Å²) in [5.74, 6) is 0.447. The Morgan fingerprint density at radius 3 is 2.57 bits per heavy atom. The summed E-state index contributed by atoms with van der Waals surface area (Å²) in [5.41, 5.74) is 0. The Kier molecular flexibility index (Phi) is 3.69. The van der Waals surface area contributed by atoms with Crippen LogP contribution in [-0.4, -0.2) is 24.5 Å². The average molecular weight is 123 g/mol. The standard InChI is InChI=1S/C3H7ClN2O/c1-6(5-7)3-2-4/h2-3H2,1H3. The van der Waals surface area contributed by atoms with E-state index < -0.39 is 0 Å². The summed E-state index contributed by atoms with van der Waals surface area (Å²) in [7, 11) is 1.58. The van der Waals surface area contributed by atoms with Gasteiger partial charge in [0.25, 0.3) is 0 Å². The Balaban J connectivity index is 2.98. The lowest BCUT2D eigenvalue weighted by atomic mass is 10.7. The van der Waals surface area contributed by atoms with E-state index >= 15 is 0 Å². The number of hydrogen-bond acceptors (Lipinski definition) is 2. The molecule has 0 spiro atoms. The summed E-state index contributed by atoms with van der Waals surface area (Å²) in [6, 6.07) is 0. The summed E-state index contributed by atoms with van der Waals surface area (Å²) in [4.78, 5) is 9.51. The van der Waals surface area contributed by atoms with E-state index in [0.717, 1.165) is 0 Å². The highest BCUT2D eigenvalue weighted by atomic mass is 35.5. The first kappa shape index (κ1) is 6.69. The average Bonchev–Trinajstić information content (AvgIpc) is 1.68. The van der Waals surface area contributed by atoms with Gasteiger partial charge in [0.2, 0.25) is 0 Å². The second-order valence-corrected chi connectivity index (χ2v) is 1.53. The Bertz CT molecular complexity index is 58.9. The molecule has 0 aromatic heterocycles. The van der Waals surface area contributed by atoms with E-state index in [1.165, 1.54) is 5.01 Å². The molecular formula is C3H7ClN2O. The molecule has 0 fully saturated rings. The van der Waals surface area contributed by atoms with Crippen LogP contribution in [0.4, 0.5) is 0 Å². The zero-order valence-corrected chi connectivity index (χ0v) is 4.85. The summed E-state index contributed by atoms with van der Waals surface area (Å²) < 4.78 is 0. The molecule has 0 amide bonds. The minimum absolute atomic E-state index is 0.447. The predicted octanol–water partition coefficient (Wildman–Crippen LogP) is 0.838. The molecule has 0 bridgehead atoms. The molecule has 0 rings (SSSR count). The summed E-state index contributed by atoms with van der Waals surface area (Å²) in [6.45, 7) is 0.519. The number of halogens is 1. The number of alkyl halides is 1. The van der Waals surface area contributed by atoms with Gasteiger partial charge in [0.05, 0.1) is 11.8 Å². The Morgan fingerprint density at radius 2 is 2.43 bits per heavy atom. The maximum Gasteiger partial charge on any atom is 0.0524 e. The molecule has 4 heteroatoms. The van der Waals surface area contributed by atoms with Gasteiger partial charge in [-0.2, -0.15) is 0 Å². The van der Waals surface area contributed by atoms with Crippen molar-refractivity contribution in [1.29, 1.82) is 0 Å². The summed E-state index contributed by atoms with van der Waals surface area (Å²) in [6.07, 6.45) is 0. The number of hydrogen-bond donors (Lipinski definition) is 0. The van der Waals surface area contributed by atoms with Crippen LogP contribution in [0.3, 0.4) is 0 Å². The van der Waals surface area contributed by atoms with Gasteiger partial charge in [-0.1, -0.05) is 0 Å². The third-order valence-corrected chi connectivity index (χ3v) is 0.717. The van der Waals surface area contributed by atoms with Gasteiger partial charge in [0.1, 0.15) is 0 Å². The van der Waals surface area contributed by atoms with E-state index in [1.54, 1.807) is 7.05 Å². The lowest BCUT2D eigenvalue weighted by molar-refractivity contribution is 0.372. The van der Waals surface area contributed by atoms with E-state index in [9.17, 15) is 4.91 Å². The van der Waals surface area contributed by atoms with Gasteiger partial charge in [-0.15, -0.1) is 16.5 Å². The zero-order valence-electron chi connectivity index (χ0n) is 4.09. The van der Waals surface area contributed by atoms with Crippen molar-refractivity contribution in [3.8, 4) is 0 Å². The first-order valence-electron chi connectivity index (χ1n) is 1.91. The Hall–Kier alpha value is -0.310. The van der Waals surface area contributed by atoms with Crippen molar-refractivity contribution in [2.45, 2.75) is 0 Å². The molecule has 0 radical (unpaired) electrons. The number of rotatable bonds is 3.